The summed E-state index contributed by atoms with van der Waals surface area (Å²) in [5.41, 5.74) is 9.07. The summed E-state index contributed by atoms with van der Waals surface area (Å²) in [6.45, 7) is 13.8. The Balaban J connectivity index is 1.96. The van der Waals surface area contributed by atoms with Gasteiger partial charge in [0.2, 0.25) is 0 Å². The summed E-state index contributed by atoms with van der Waals surface area (Å²) < 4.78 is 0. The molecule has 0 saturated carbocycles. The van der Waals surface area contributed by atoms with Crippen LogP contribution in [0.5, 0.6) is 0 Å². The second-order valence-corrected chi connectivity index (χ2v) is 11.1. The molecule has 4 rings (SSSR count). The highest BCUT2D eigenvalue weighted by molar-refractivity contribution is 8.18. The first-order valence-electron chi connectivity index (χ1n) is 11.1. The molecule has 162 valence electrons. The Kier molecular flexibility index (Phi) is 5.41. The zero-order chi connectivity index (χ0) is 22.6. The molecule has 1 heterocycles. The number of benzene rings is 2. The predicted octanol–water partition coefficient (Wildman–Crippen LogP) is 6.90. The van der Waals surface area contributed by atoms with Gasteiger partial charge in [0.05, 0.1) is 4.91 Å². The molecule has 0 atom stereocenters. The minimum Gasteiger partial charge on any atom is -0.282 e. The first-order valence-corrected chi connectivity index (χ1v) is 11.9. The summed E-state index contributed by atoms with van der Waals surface area (Å²) in [5.74, 6) is -0.312. The van der Waals surface area contributed by atoms with Crippen molar-refractivity contribution in [2.45, 2.75) is 71.6 Å². The molecular weight excluding hydrogens is 402 g/mol. The van der Waals surface area contributed by atoms with Gasteiger partial charge >= 0.3 is 0 Å². The summed E-state index contributed by atoms with van der Waals surface area (Å²) in [5, 5.41) is 2.06. The van der Waals surface area contributed by atoms with Crippen molar-refractivity contribution >= 4 is 29.0 Å². The lowest BCUT2D eigenvalue weighted by Gasteiger charge is -2.42. The van der Waals surface area contributed by atoms with E-state index in [9.17, 15) is 9.59 Å². The van der Waals surface area contributed by atoms with Crippen LogP contribution in [0.1, 0.15) is 75.3 Å². The highest BCUT2D eigenvalue weighted by Crippen LogP contribution is 2.48. The zero-order valence-corrected chi connectivity index (χ0v) is 20.1. The fourth-order valence-electron chi connectivity index (χ4n) is 4.92. The Labute approximate surface area is 189 Å². The molecule has 0 unspecified atom stereocenters. The number of amides is 2. The normalized spacial score (nSPS) is 20.6. The van der Waals surface area contributed by atoms with Crippen LogP contribution in [0.15, 0.2) is 35.2 Å². The van der Waals surface area contributed by atoms with Crippen molar-refractivity contribution in [1.82, 2.24) is 5.32 Å². The van der Waals surface area contributed by atoms with Crippen molar-refractivity contribution in [1.29, 1.82) is 0 Å². The number of imide groups is 1. The van der Waals surface area contributed by atoms with Gasteiger partial charge in [0, 0.05) is 0 Å². The number of nitrogens with one attached hydrogen (secondary N) is 1. The van der Waals surface area contributed by atoms with Crippen molar-refractivity contribution in [3.8, 4) is 11.1 Å². The average molecular weight is 434 g/mol. The molecule has 1 N–H and O–H groups in total. The molecule has 3 nitrogen and oxygen atoms in total. The number of carbonyl (C=O) groups is 2. The van der Waals surface area contributed by atoms with Gasteiger partial charge in [-0.05, 0) is 93.8 Å². The third kappa shape index (κ3) is 3.87. The Morgan fingerprint density at radius 2 is 1.68 bits per heavy atom. The van der Waals surface area contributed by atoms with Crippen LogP contribution in [0.4, 0.5) is 4.79 Å². The third-order valence-corrected chi connectivity index (χ3v) is 7.77. The number of fused-ring (bicyclic) bond motifs is 1. The molecule has 0 aromatic heterocycles. The minimum absolute atomic E-state index is 0.126. The Morgan fingerprint density at radius 1 is 1.03 bits per heavy atom. The van der Waals surface area contributed by atoms with Crippen LogP contribution in [0.25, 0.3) is 17.2 Å². The molecule has 31 heavy (non-hydrogen) atoms. The van der Waals surface area contributed by atoms with Crippen molar-refractivity contribution in [2.24, 2.45) is 0 Å². The number of hydrogen-bond donors (Lipinski definition) is 1. The van der Waals surface area contributed by atoms with Gasteiger partial charge in [-0.25, -0.2) is 0 Å². The van der Waals surface area contributed by atoms with Crippen molar-refractivity contribution in [2.75, 3.05) is 0 Å². The van der Waals surface area contributed by atoms with Gasteiger partial charge in [-0.2, -0.15) is 0 Å². The number of rotatable bonds is 3. The summed E-state index contributed by atoms with van der Waals surface area (Å²) in [6, 6.07) is 11.0. The van der Waals surface area contributed by atoms with Gasteiger partial charge < -0.3 is 0 Å². The van der Waals surface area contributed by atoms with Gasteiger partial charge in [-0.3, -0.25) is 14.9 Å². The highest BCUT2D eigenvalue weighted by Gasteiger charge is 2.37. The second kappa shape index (κ2) is 7.67. The molecule has 1 saturated heterocycles. The molecule has 0 spiro atoms. The van der Waals surface area contributed by atoms with Crippen LogP contribution in [0, 0.1) is 6.92 Å². The van der Waals surface area contributed by atoms with Gasteiger partial charge in [-0.1, -0.05) is 65.0 Å². The highest BCUT2D eigenvalue weighted by atomic mass is 32.2. The van der Waals surface area contributed by atoms with E-state index in [0.717, 1.165) is 23.7 Å². The quantitative estimate of drug-likeness (QED) is 0.536. The molecule has 2 aromatic carbocycles. The van der Waals surface area contributed by atoms with Crippen LogP contribution in [-0.4, -0.2) is 11.1 Å². The van der Waals surface area contributed by atoms with Crippen LogP contribution in [-0.2, 0) is 22.0 Å². The fraction of sp³-hybridized carbons (Fsp3) is 0.407. The van der Waals surface area contributed by atoms with E-state index in [-0.39, 0.29) is 22.0 Å². The van der Waals surface area contributed by atoms with Crippen molar-refractivity contribution in [3.05, 3.63) is 63.1 Å². The molecular formula is C27H31NO2S. The largest absolute Gasteiger partial charge is 0.290 e. The van der Waals surface area contributed by atoms with Gasteiger partial charge in [0.15, 0.2) is 0 Å². The first-order chi connectivity index (χ1) is 14.5. The predicted molar refractivity (Wildman–Crippen MR) is 130 cm³/mol. The molecule has 4 heteroatoms. The van der Waals surface area contributed by atoms with E-state index in [4.69, 9.17) is 0 Å². The van der Waals surface area contributed by atoms with Crippen LogP contribution >= 0.6 is 11.8 Å². The van der Waals surface area contributed by atoms with Crippen LogP contribution < -0.4 is 5.32 Å². The van der Waals surface area contributed by atoms with Gasteiger partial charge in [-0.15, -0.1) is 0 Å². The fourth-order valence-corrected chi connectivity index (χ4v) is 5.59. The maximum Gasteiger partial charge on any atom is 0.290 e. The molecule has 1 fully saturated rings. The number of aryl methyl sites for hydroxylation is 2. The van der Waals surface area contributed by atoms with Crippen molar-refractivity contribution in [3.63, 3.8) is 0 Å². The SMILES string of the molecule is CCc1cccc(/C=C2\SC(=O)NC2=O)c1-c1cc2c(cc1C)C(C)(C)CCC2(C)C. The Bertz CT molecular complexity index is 1120. The molecule has 2 aliphatic rings. The molecule has 0 radical (unpaired) electrons. The smallest absolute Gasteiger partial charge is 0.282 e. The summed E-state index contributed by atoms with van der Waals surface area (Å²) in [6.07, 6.45) is 5.12. The standard InChI is InChI=1S/C27H31NO2S/c1-7-17-9-8-10-18(14-22-24(29)28-25(30)31-22)23(17)19-15-21-20(13-16(19)2)26(3,4)11-12-27(21,5)6/h8-10,13-15H,7,11-12H2,1-6H3,(H,28,29,30)/b22-14-. The summed E-state index contributed by atoms with van der Waals surface area (Å²) in [7, 11) is 0. The number of carbonyl (C=O) groups excluding carboxylic acids is 2. The number of thioether (sulfide) groups is 1. The number of hydrogen-bond acceptors (Lipinski definition) is 3. The average Bonchev–Trinajstić information content (AvgIpc) is 3.02. The Morgan fingerprint density at radius 3 is 2.26 bits per heavy atom. The van der Waals surface area contributed by atoms with Crippen LogP contribution in [0.2, 0.25) is 0 Å². The van der Waals surface area contributed by atoms with Crippen molar-refractivity contribution < 1.29 is 9.59 Å². The Hall–Kier alpha value is -2.33. The van der Waals surface area contributed by atoms with Gasteiger partial charge in [0.25, 0.3) is 11.1 Å². The monoisotopic (exact) mass is 433 g/mol. The van der Waals surface area contributed by atoms with Gasteiger partial charge in [0.1, 0.15) is 0 Å². The summed E-state index contributed by atoms with van der Waals surface area (Å²) >= 11 is 0.974. The molecule has 2 amide bonds. The lowest BCUT2D eigenvalue weighted by atomic mass is 9.62. The van der Waals surface area contributed by atoms with E-state index in [2.05, 4.69) is 65.1 Å². The van der Waals surface area contributed by atoms with E-state index >= 15 is 0 Å². The summed E-state index contributed by atoms with van der Waals surface area (Å²) in [4.78, 5) is 24.3. The minimum atomic E-state index is -0.312. The first kappa shape index (κ1) is 21.9. The van der Waals surface area contributed by atoms with Crippen LogP contribution in [0.3, 0.4) is 0 Å². The van der Waals surface area contributed by atoms with E-state index in [1.165, 1.54) is 46.2 Å². The topological polar surface area (TPSA) is 46.2 Å². The molecule has 1 aliphatic heterocycles. The third-order valence-electron chi connectivity index (χ3n) is 6.96. The molecule has 1 aliphatic carbocycles. The second-order valence-electron chi connectivity index (χ2n) is 10.1. The van der Waals surface area contributed by atoms with E-state index in [1.54, 1.807) is 0 Å². The maximum atomic E-state index is 12.2. The van der Waals surface area contributed by atoms with E-state index < -0.39 is 0 Å². The van der Waals surface area contributed by atoms with E-state index in [1.807, 2.05) is 18.2 Å². The lowest BCUT2D eigenvalue weighted by Crippen LogP contribution is -2.34. The van der Waals surface area contributed by atoms with E-state index in [0.29, 0.717) is 4.91 Å². The maximum absolute atomic E-state index is 12.2. The molecule has 0 bridgehead atoms. The lowest BCUT2D eigenvalue weighted by molar-refractivity contribution is -0.115. The zero-order valence-electron chi connectivity index (χ0n) is 19.3. The molecule has 2 aromatic rings.